The van der Waals surface area contributed by atoms with Crippen molar-refractivity contribution in [1.29, 1.82) is 0 Å². The molecule has 0 aliphatic rings. The Balaban J connectivity index is 2.12. The smallest absolute Gasteiger partial charge is 0.238 e. The average molecular weight is 324 g/mol. The summed E-state index contributed by atoms with van der Waals surface area (Å²) in [4.78, 5) is 11.9. The molecule has 0 aliphatic carbocycles. The first-order valence-corrected chi connectivity index (χ1v) is 8.74. The van der Waals surface area contributed by atoms with E-state index in [1.165, 1.54) is 6.92 Å². The van der Waals surface area contributed by atoms with Crippen molar-refractivity contribution >= 4 is 26.8 Å². The van der Waals surface area contributed by atoms with Crippen LogP contribution in [0.3, 0.4) is 0 Å². The van der Waals surface area contributed by atoms with Crippen LogP contribution in [0.25, 0.3) is 10.9 Å². The van der Waals surface area contributed by atoms with Gasteiger partial charge in [-0.1, -0.05) is 11.6 Å². The lowest BCUT2D eigenvalue weighted by Crippen LogP contribution is -2.44. The molecule has 1 aromatic carbocycles. The van der Waals surface area contributed by atoms with E-state index >= 15 is 0 Å². The molecule has 2 N–H and O–H groups in total. The lowest BCUT2D eigenvalue weighted by atomic mass is 10.1. The van der Waals surface area contributed by atoms with Gasteiger partial charge >= 0.3 is 0 Å². The number of amides is 1. The van der Waals surface area contributed by atoms with Crippen LogP contribution in [0.4, 0.5) is 0 Å². The van der Waals surface area contributed by atoms with Crippen molar-refractivity contribution in [1.82, 2.24) is 19.8 Å². The fraction of sp³-hybridized carbons (Fsp3) is 0.429. The summed E-state index contributed by atoms with van der Waals surface area (Å²) in [7, 11) is -1.57. The Kier molecular flexibility index (Phi) is 4.52. The number of nitrogens with one attached hydrogen (secondary N) is 2. The lowest BCUT2D eigenvalue weighted by Gasteiger charge is -2.11. The van der Waals surface area contributed by atoms with E-state index in [4.69, 9.17) is 0 Å². The Labute approximate surface area is 129 Å². The summed E-state index contributed by atoms with van der Waals surface area (Å²) < 4.78 is 26.3. The zero-order chi connectivity index (χ0) is 16.5. The number of benzene rings is 1. The van der Waals surface area contributed by atoms with E-state index in [2.05, 4.69) is 15.1 Å². The van der Waals surface area contributed by atoms with E-state index in [0.29, 0.717) is 0 Å². The number of rotatable bonds is 5. The van der Waals surface area contributed by atoms with Crippen LogP contribution < -0.4 is 10.0 Å². The summed E-state index contributed by atoms with van der Waals surface area (Å²) in [5, 5.41) is 8.08. The van der Waals surface area contributed by atoms with Crippen LogP contribution in [-0.2, 0) is 28.4 Å². The Morgan fingerprint density at radius 3 is 2.73 bits per heavy atom. The van der Waals surface area contributed by atoms with E-state index in [1.807, 2.05) is 32.2 Å². The summed E-state index contributed by atoms with van der Waals surface area (Å²) >= 11 is 0. The SMILES string of the molecule is Cc1ccc2c(c1)c(CNC(=O)C(C)NS(C)(=O)=O)nn2C. The summed E-state index contributed by atoms with van der Waals surface area (Å²) in [5.41, 5.74) is 2.85. The van der Waals surface area contributed by atoms with Crippen molar-refractivity contribution in [2.75, 3.05) is 6.26 Å². The third kappa shape index (κ3) is 3.83. The minimum Gasteiger partial charge on any atom is -0.349 e. The molecule has 0 bridgehead atoms. The van der Waals surface area contributed by atoms with Gasteiger partial charge in [0.2, 0.25) is 15.9 Å². The number of sulfonamides is 1. The van der Waals surface area contributed by atoms with Gasteiger partial charge in [-0.3, -0.25) is 9.48 Å². The molecule has 0 saturated carbocycles. The van der Waals surface area contributed by atoms with Crippen LogP contribution in [-0.4, -0.2) is 36.4 Å². The van der Waals surface area contributed by atoms with E-state index in [-0.39, 0.29) is 6.54 Å². The highest BCUT2D eigenvalue weighted by atomic mass is 32.2. The normalized spacial score (nSPS) is 13.3. The second-order valence-corrected chi connectivity index (χ2v) is 7.20. The lowest BCUT2D eigenvalue weighted by molar-refractivity contribution is -0.122. The molecule has 7 nitrogen and oxygen atoms in total. The Morgan fingerprint density at radius 1 is 1.41 bits per heavy atom. The third-order valence-corrected chi connectivity index (χ3v) is 4.08. The Hall–Kier alpha value is -1.93. The fourth-order valence-corrected chi connectivity index (χ4v) is 3.03. The Bertz CT molecular complexity index is 811. The van der Waals surface area contributed by atoms with Crippen molar-refractivity contribution < 1.29 is 13.2 Å². The van der Waals surface area contributed by atoms with Crippen LogP contribution in [0.15, 0.2) is 18.2 Å². The van der Waals surface area contributed by atoms with Gasteiger partial charge in [-0.25, -0.2) is 13.1 Å². The topological polar surface area (TPSA) is 93.1 Å². The summed E-state index contributed by atoms with van der Waals surface area (Å²) in [5.74, 6) is -0.392. The van der Waals surface area contributed by atoms with E-state index in [1.54, 1.807) is 4.68 Å². The molecule has 22 heavy (non-hydrogen) atoms. The third-order valence-electron chi connectivity index (χ3n) is 3.30. The van der Waals surface area contributed by atoms with Gasteiger partial charge in [-0.15, -0.1) is 0 Å². The maximum Gasteiger partial charge on any atom is 0.238 e. The molecule has 0 radical (unpaired) electrons. The first-order chi connectivity index (χ1) is 10.2. The summed E-state index contributed by atoms with van der Waals surface area (Å²) in [6, 6.07) is 5.18. The van der Waals surface area contributed by atoms with Gasteiger partial charge in [0.25, 0.3) is 0 Å². The van der Waals surface area contributed by atoms with Crippen molar-refractivity contribution in [2.24, 2.45) is 7.05 Å². The maximum atomic E-state index is 11.9. The Morgan fingerprint density at radius 2 is 2.09 bits per heavy atom. The number of aryl methyl sites for hydroxylation is 2. The molecule has 0 spiro atoms. The minimum absolute atomic E-state index is 0.245. The van der Waals surface area contributed by atoms with Crippen molar-refractivity contribution in [3.05, 3.63) is 29.5 Å². The highest BCUT2D eigenvalue weighted by Gasteiger charge is 2.17. The van der Waals surface area contributed by atoms with E-state index < -0.39 is 22.0 Å². The second-order valence-electron chi connectivity index (χ2n) is 5.42. The summed E-state index contributed by atoms with van der Waals surface area (Å²) in [6.07, 6.45) is 1.02. The molecule has 1 amide bonds. The largest absolute Gasteiger partial charge is 0.349 e. The number of aromatic nitrogens is 2. The molecule has 120 valence electrons. The molecule has 2 aromatic rings. The molecule has 8 heteroatoms. The van der Waals surface area contributed by atoms with Crippen LogP contribution in [0.1, 0.15) is 18.2 Å². The van der Waals surface area contributed by atoms with Gasteiger partial charge in [-0.2, -0.15) is 5.10 Å². The van der Waals surface area contributed by atoms with Gasteiger partial charge in [0, 0.05) is 12.4 Å². The highest BCUT2D eigenvalue weighted by Crippen LogP contribution is 2.19. The average Bonchev–Trinajstić information content (AvgIpc) is 2.70. The van der Waals surface area contributed by atoms with Crippen LogP contribution >= 0.6 is 0 Å². The molecular formula is C14H20N4O3S. The quantitative estimate of drug-likeness (QED) is 0.834. The van der Waals surface area contributed by atoms with Crippen molar-refractivity contribution in [3.8, 4) is 0 Å². The van der Waals surface area contributed by atoms with Gasteiger partial charge in [0.15, 0.2) is 0 Å². The monoisotopic (exact) mass is 324 g/mol. The number of carbonyl (C=O) groups is 1. The number of hydrogen-bond acceptors (Lipinski definition) is 4. The summed E-state index contributed by atoms with van der Waals surface area (Å²) in [6.45, 7) is 3.74. The zero-order valence-electron chi connectivity index (χ0n) is 13.0. The molecule has 1 unspecified atom stereocenters. The van der Waals surface area contributed by atoms with Crippen LogP contribution in [0.5, 0.6) is 0 Å². The molecule has 0 fully saturated rings. The standard InChI is InChI=1S/C14H20N4O3S/c1-9-5-6-13-11(7-9)12(16-18(13)3)8-15-14(19)10(2)17-22(4,20)21/h5-7,10,17H,8H2,1-4H3,(H,15,19). The van der Waals surface area contributed by atoms with E-state index in [9.17, 15) is 13.2 Å². The van der Waals surface area contributed by atoms with Crippen molar-refractivity contribution in [3.63, 3.8) is 0 Å². The van der Waals surface area contributed by atoms with E-state index in [0.717, 1.165) is 28.4 Å². The predicted molar refractivity (Wildman–Crippen MR) is 84.7 cm³/mol. The number of fused-ring (bicyclic) bond motifs is 1. The fourth-order valence-electron chi connectivity index (χ4n) is 2.28. The van der Waals surface area contributed by atoms with Crippen LogP contribution in [0.2, 0.25) is 0 Å². The van der Waals surface area contributed by atoms with Gasteiger partial charge < -0.3 is 5.32 Å². The molecule has 2 rings (SSSR count). The second kappa shape index (κ2) is 6.05. The zero-order valence-corrected chi connectivity index (χ0v) is 13.9. The van der Waals surface area contributed by atoms with Crippen molar-refractivity contribution in [2.45, 2.75) is 26.4 Å². The molecule has 0 saturated heterocycles. The number of carbonyl (C=O) groups excluding carboxylic acids is 1. The maximum absolute atomic E-state index is 11.9. The van der Waals surface area contributed by atoms with Gasteiger partial charge in [0.1, 0.15) is 0 Å². The first kappa shape index (κ1) is 16.4. The molecular weight excluding hydrogens is 304 g/mol. The first-order valence-electron chi connectivity index (χ1n) is 6.84. The molecule has 0 aliphatic heterocycles. The minimum atomic E-state index is -3.42. The number of hydrogen-bond donors (Lipinski definition) is 2. The highest BCUT2D eigenvalue weighted by molar-refractivity contribution is 7.88. The number of nitrogens with zero attached hydrogens (tertiary/aromatic N) is 2. The van der Waals surface area contributed by atoms with Crippen LogP contribution in [0, 0.1) is 6.92 Å². The molecule has 1 aromatic heterocycles. The molecule has 1 heterocycles. The molecule has 1 atom stereocenters. The van der Waals surface area contributed by atoms with Gasteiger partial charge in [-0.05, 0) is 26.0 Å². The predicted octanol–water partition coefficient (Wildman–Crippen LogP) is 0.436. The van der Waals surface area contributed by atoms with Gasteiger partial charge in [0.05, 0.1) is 30.1 Å².